The zero-order valence-corrected chi connectivity index (χ0v) is 12.5. The maximum Gasteiger partial charge on any atom is 0.337 e. The quantitative estimate of drug-likeness (QED) is 0.780. The highest BCUT2D eigenvalue weighted by Crippen LogP contribution is 2.35. The number of fused-ring (bicyclic) bond motifs is 1. The lowest BCUT2D eigenvalue weighted by Crippen LogP contribution is -2.46. The Labute approximate surface area is 119 Å². The smallest absolute Gasteiger partial charge is 0.337 e. The standard InChI is InChI=1S/C16H21NO3/c1-5-14-10(2)8-13-9-12(16(19)20-4)6-7-15(13)17(14)11(3)18/h6-7,9-10,14H,5,8H2,1-4H3. The van der Waals surface area contributed by atoms with Crippen molar-refractivity contribution < 1.29 is 14.3 Å². The Morgan fingerprint density at radius 1 is 1.40 bits per heavy atom. The van der Waals surface area contributed by atoms with Crippen LogP contribution in [0.3, 0.4) is 0 Å². The lowest BCUT2D eigenvalue weighted by Gasteiger charge is -2.40. The lowest BCUT2D eigenvalue weighted by molar-refractivity contribution is -0.117. The number of carbonyl (C=O) groups excluding carboxylic acids is 2. The Morgan fingerprint density at radius 2 is 2.10 bits per heavy atom. The first-order chi connectivity index (χ1) is 9.49. The van der Waals surface area contributed by atoms with Crippen LogP contribution in [0.2, 0.25) is 0 Å². The molecule has 1 aliphatic heterocycles. The molecular weight excluding hydrogens is 254 g/mol. The fourth-order valence-corrected chi connectivity index (χ4v) is 3.13. The Balaban J connectivity index is 2.48. The molecule has 1 amide bonds. The summed E-state index contributed by atoms with van der Waals surface area (Å²) in [5.74, 6) is 0.0900. The first kappa shape index (κ1) is 14.6. The molecule has 0 aliphatic carbocycles. The summed E-state index contributed by atoms with van der Waals surface area (Å²) >= 11 is 0. The van der Waals surface area contributed by atoms with Gasteiger partial charge in [-0.05, 0) is 42.5 Å². The van der Waals surface area contributed by atoms with Crippen LogP contribution in [0, 0.1) is 5.92 Å². The van der Waals surface area contributed by atoms with E-state index >= 15 is 0 Å². The number of esters is 1. The Hall–Kier alpha value is -1.84. The summed E-state index contributed by atoms with van der Waals surface area (Å²) in [6.45, 7) is 5.85. The third-order valence-electron chi connectivity index (χ3n) is 4.05. The van der Waals surface area contributed by atoms with Crippen molar-refractivity contribution in [3.05, 3.63) is 29.3 Å². The molecule has 2 rings (SSSR count). The molecule has 108 valence electrons. The van der Waals surface area contributed by atoms with Crippen LogP contribution in [0.25, 0.3) is 0 Å². The number of benzene rings is 1. The van der Waals surface area contributed by atoms with Gasteiger partial charge in [-0.1, -0.05) is 13.8 Å². The third-order valence-corrected chi connectivity index (χ3v) is 4.05. The van der Waals surface area contributed by atoms with Gasteiger partial charge in [0.1, 0.15) is 0 Å². The van der Waals surface area contributed by atoms with E-state index in [1.165, 1.54) is 7.11 Å². The normalized spacial score (nSPS) is 21.3. The highest BCUT2D eigenvalue weighted by Gasteiger charge is 2.33. The fourth-order valence-electron chi connectivity index (χ4n) is 3.13. The van der Waals surface area contributed by atoms with Crippen LogP contribution in [0.15, 0.2) is 18.2 Å². The minimum atomic E-state index is -0.340. The van der Waals surface area contributed by atoms with Crippen molar-refractivity contribution in [2.24, 2.45) is 5.92 Å². The SMILES string of the molecule is CCC1C(C)Cc2cc(C(=O)OC)ccc2N1C(C)=O. The van der Waals surface area contributed by atoms with Crippen LogP contribution in [0.4, 0.5) is 5.69 Å². The molecule has 4 nitrogen and oxygen atoms in total. The van der Waals surface area contributed by atoms with E-state index in [0.717, 1.165) is 24.1 Å². The van der Waals surface area contributed by atoms with Gasteiger partial charge in [0.05, 0.1) is 12.7 Å². The summed E-state index contributed by atoms with van der Waals surface area (Å²) in [6.07, 6.45) is 1.81. The molecule has 0 spiro atoms. The van der Waals surface area contributed by atoms with Crippen LogP contribution in [0.5, 0.6) is 0 Å². The number of rotatable bonds is 2. The maximum absolute atomic E-state index is 12.0. The average molecular weight is 275 g/mol. The van der Waals surface area contributed by atoms with Crippen molar-refractivity contribution in [2.45, 2.75) is 39.7 Å². The number of hydrogen-bond acceptors (Lipinski definition) is 3. The Morgan fingerprint density at radius 3 is 2.65 bits per heavy atom. The molecule has 2 unspecified atom stereocenters. The summed E-state index contributed by atoms with van der Waals surface area (Å²) in [6, 6.07) is 5.66. The molecule has 0 N–H and O–H groups in total. The first-order valence-electron chi connectivity index (χ1n) is 7.00. The highest BCUT2D eigenvalue weighted by atomic mass is 16.5. The van der Waals surface area contributed by atoms with Gasteiger partial charge in [-0.25, -0.2) is 4.79 Å². The number of methoxy groups -OCH3 is 1. The predicted octanol–water partition coefficient (Wildman–Crippen LogP) is 2.80. The van der Waals surface area contributed by atoms with Gasteiger partial charge in [-0.2, -0.15) is 0 Å². The van der Waals surface area contributed by atoms with E-state index in [4.69, 9.17) is 4.74 Å². The second-order valence-corrected chi connectivity index (χ2v) is 5.38. The number of amides is 1. The van der Waals surface area contributed by atoms with E-state index < -0.39 is 0 Å². The summed E-state index contributed by atoms with van der Waals surface area (Å²) < 4.78 is 4.75. The topological polar surface area (TPSA) is 46.6 Å². The van der Waals surface area contributed by atoms with Crippen LogP contribution in [-0.4, -0.2) is 25.0 Å². The van der Waals surface area contributed by atoms with Crippen molar-refractivity contribution in [3.8, 4) is 0 Å². The predicted molar refractivity (Wildman–Crippen MR) is 77.9 cm³/mol. The minimum absolute atomic E-state index is 0.0514. The van der Waals surface area contributed by atoms with E-state index in [9.17, 15) is 9.59 Å². The molecule has 1 aromatic rings. The monoisotopic (exact) mass is 275 g/mol. The molecule has 0 radical (unpaired) electrons. The summed E-state index contributed by atoms with van der Waals surface area (Å²) in [4.78, 5) is 25.5. The highest BCUT2D eigenvalue weighted by molar-refractivity contribution is 5.95. The van der Waals surface area contributed by atoms with E-state index in [0.29, 0.717) is 11.5 Å². The van der Waals surface area contributed by atoms with Gasteiger partial charge in [0.25, 0.3) is 0 Å². The Bertz CT molecular complexity index is 539. The van der Waals surface area contributed by atoms with E-state index in [-0.39, 0.29) is 17.9 Å². The van der Waals surface area contributed by atoms with Gasteiger partial charge in [-0.3, -0.25) is 4.79 Å². The Kier molecular flexibility index (Phi) is 4.12. The van der Waals surface area contributed by atoms with Crippen molar-refractivity contribution >= 4 is 17.6 Å². The molecule has 2 atom stereocenters. The van der Waals surface area contributed by atoms with Gasteiger partial charge in [-0.15, -0.1) is 0 Å². The maximum atomic E-state index is 12.0. The van der Waals surface area contributed by atoms with Gasteiger partial charge in [0.15, 0.2) is 0 Å². The minimum Gasteiger partial charge on any atom is -0.465 e. The van der Waals surface area contributed by atoms with Gasteiger partial charge in [0, 0.05) is 18.7 Å². The van der Waals surface area contributed by atoms with Crippen molar-refractivity contribution in [2.75, 3.05) is 12.0 Å². The van der Waals surface area contributed by atoms with Crippen LogP contribution in [-0.2, 0) is 16.0 Å². The largest absolute Gasteiger partial charge is 0.465 e. The molecule has 20 heavy (non-hydrogen) atoms. The first-order valence-corrected chi connectivity index (χ1v) is 7.00. The van der Waals surface area contributed by atoms with Gasteiger partial charge < -0.3 is 9.64 Å². The van der Waals surface area contributed by atoms with Crippen molar-refractivity contribution in [3.63, 3.8) is 0 Å². The van der Waals surface area contributed by atoms with E-state index in [1.54, 1.807) is 13.0 Å². The number of hydrogen-bond donors (Lipinski definition) is 0. The van der Waals surface area contributed by atoms with E-state index in [2.05, 4.69) is 13.8 Å². The van der Waals surface area contributed by atoms with E-state index in [1.807, 2.05) is 17.0 Å². The molecule has 0 saturated carbocycles. The molecular formula is C16H21NO3. The van der Waals surface area contributed by atoms with Crippen molar-refractivity contribution in [1.82, 2.24) is 0 Å². The van der Waals surface area contributed by atoms with Crippen LogP contribution >= 0.6 is 0 Å². The van der Waals surface area contributed by atoms with Crippen molar-refractivity contribution in [1.29, 1.82) is 0 Å². The molecule has 1 aliphatic rings. The number of anilines is 1. The molecule has 1 aromatic carbocycles. The summed E-state index contributed by atoms with van der Waals surface area (Å²) in [7, 11) is 1.37. The molecule has 0 fully saturated rings. The van der Waals surface area contributed by atoms with Crippen LogP contribution in [0.1, 0.15) is 43.1 Å². The number of carbonyl (C=O) groups is 2. The van der Waals surface area contributed by atoms with Gasteiger partial charge >= 0.3 is 5.97 Å². The molecule has 0 saturated heterocycles. The average Bonchev–Trinajstić information content (AvgIpc) is 2.43. The lowest BCUT2D eigenvalue weighted by atomic mass is 9.85. The fraction of sp³-hybridized carbons (Fsp3) is 0.500. The molecule has 4 heteroatoms. The summed E-state index contributed by atoms with van der Waals surface area (Å²) in [5, 5.41) is 0. The summed E-state index contributed by atoms with van der Waals surface area (Å²) in [5.41, 5.74) is 2.51. The second kappa shape index (κ2) is 5.65. The van der Waals surface area contributed by atoms with Crippen LogP contribution < -0.4 is 4.90 Å². The van der Waals surface area contributed by atoms with Gasteiger partial charge in [0.2, 0.25) is 5.91 Å². The molecule has 0 aromatic heterocycles. The molecule has 1 heterocycles. The second-order valence-electron chi connectivity index (χ2n) is 5.38. The number of nitrogens with zero attached hydrogens (tertiary/aromatic N) is 1. The third kappa shape index (κ3) is 2.42. The zero-order valence-electron chi connectivity index (χ0n) is 12.5. The molecule has 0 bridgehead atoms. The zero-order chi connectivity index (χ0) is 14.9. The number of ether oxygens (including phenoxy) is 1.